The molecule has 2 saturated heterocycles. The van der Waals surface area contributed by atoms with E-state index < -0.39 is 5.60 Å². The van der Waals surface area contributed by atoms with Gasteiger partial charge in [0.05, 0.1) is 24.1 Å². The number of fused-ring (bicyclic) bond motifs is 1. The Morgan fingerprint density at radius 1 is 1.21 bits per heavy atom. The van der Waals surface area contributed by atoms with Gasteiger partial charge < -0.3 is 14.5 Å². The van der Waals surface area contributed by atoms with Crippen LogP contribution in [-0.4, -0.2) is 69.8 Å². The molecule has 0 unspecified atom stereocenters. The molecular weight excluding hydrogens is 368 g/mol. The molecule has 0 atom stereocenters. The number of carbonyl (C=O) groups is 2. The zero-order valence-electron chi connectivity index (χ0n) is 17.4. The molecule has 0 radical (unpaired) electrons. The smallest absolute Gasteiger partial charge is 0.275 e. The van der Waals surface area contributed by atoms with Crippen molar-refractivity contribution in [3.8, 4) is 0 Å². The van der Waals surface area contributed by atoms with E-state index in [0.29, 0.717) is 51.2 Å². The van der Waals surface area contributed by atoms with Gasteiger partial charge in [0, 0.05) is 38.6 Å². The second-order valence-corrected chi connectivity index (χ2v) is 8.22. The van der Waals surface area contributed by atoms with Crippen LogP contribution in [0.2, 0.25) is 0 Å². The van der Waals surface area contributed by atoms with E-state index in [0.717, 1.165) is 30.3 Å². The highest BCUT2D eigenvalue weighted by Crippen LogP contribution is 2.33. The fourth-order valence-electron chi connectivity index (χ4n) is 4.48. The number of aromatic nitrogens is 2. The van der Waals surface area contributed by atoms with Gasteiger partial charge in [-0.25, -0.2) is 0 Å². The number of piperidine rings is 1. The molecule has 2 aliphatic rings. The van der Waals surface area contributed by atoms with Crippen LogP contribution in [0.5, 0.6) is 0 Å². The Labute approximate surface area is 171 Å². The number of nitrogens with zero attached hydrogens (tertiary/aromatic N) is 4. The summed E-state index contributed by atoms with van der Waals surface area (Å²) in [5.41, 5.74) is 1.03. The Hall–Kier alpha value is -2.41. The van der Waals surface area contributed by atoms with Crippen molar-refractivity contribution in [2.45, 2.75) is 44.6 Å². The van der Waals surface area contributed by atoms with Crippen LogP contribution < -0.4 is 0 Å². The van der Waals surface area contributed by atoms with E-state index in [2.05, 4.69) is 12.0 Å². The van der Waals surface area contributed by atoms with E-state index in [1.165, 1.54) is 0 Å². The Morgan fingerprint density at radius 2 is 1.97 bits per heavy atom. The number of para-hydroxylation sites is 1. The van der Waals surface area contributed by atoms with Crippen molar-refractivity contribution in [1.29, 1.82) is 0 Å². The van der Waals surface area contributed by atoms with Crippen LogP contribution >= 0.6 is 0 Å². The maximum atomic E-state index is 13.1. The second kappa shape index (κ2) is 8.14. The minimum absolute atomic E-state index is 0.0406. The molecule has 2 amide bonds. The van der Waals surface area contributed by atoms with E-state index in [1.54, 1.807) is 4.68 Å². The number of amides is 2. The minimum Gasteiger partial charge on any atom is -0.372 e. The zero-order valence-corrected chi connectivity index (χ0v) is 17.4. The Morgan fingerprint density at radius 3 is 2.72 bits per heavy atom. The van der Waals surface area contributed by atoms with Crippen molar-refractivity contribution in [2.75, 3.05) is 32.8 Å². The van der Waals surface area contributed by atoms with Crippen LogP contribution in [0.1, 0.15) is 49.5 Å². The molecule has 0 bridgehead atoms. The monoisotopic (exact) mass is 398 g/mol. The Balaban J connectivity index is 1.43. The summed E-state index contributed by atoms with van der Waals surface area (Å²) < 4.78 is 7.96. The lowest BCUT2D eigenvalue weighted by Gasteiger charge is -2.40. The molecular formula is C22H30N4O3. The number of rotatable bonds is 4. The molecule has 0 saturated carbocycles. The molecule has 2 aromatic rings. The highest BCUT2D eigenvalue weighted by molar-refractivity contribution is 6.04. The van der Waals surface area contributed by atoms with Gasteiger partial charge in [0.25, 0.3) is 5.91 Å². The van der Waals surface area contributed by atoms with Crippen LogP contribution in [0.4, 0.5) is 0 Å². The third kappa shape index (κ3) is 3.88. The molecule has 2 fully saturated rings. The third-order valence-electron chi connectivity index (χ3n) is 6.30. The zero-order chi connectivity index (χ0) is 20.4. The highest BCUT2D eigenvalue weighted by Gasteiger charge is 2.41. The Kier molecular flexibility index (Phi) is 5.58. The molecule has 1 aromatic heterocycles. The third-order valence-corrected chi connectivity index (χ3v) is 6.30. The van der Waals surface area contributed by atoms with Gasteiger partial charge in [0.1, 0.15) is 0 Å². The first-order valence-electron chi connectivity index (χ1n) is 10.7. The largest absolute Gasteiger partial charge is 0.372 e. The van der Waals surface area contributed by atoms with E-state index in [1.807, 2.05) is 41.1 Å². The lowest BCUT2D eigenvalue weighted by atomic mass is 9.87. The molecule has 4 rings (SSSR count). The average molecular weight is 399 g/mol. The topological polar surface area (TPSA) is 67.7 Å². The lowest BCUT2D eigenvalue weighted by Crippen LogP contribution is -2.49. The van der Waals surface area contributed by atoms with Crippen molar-refractivity contribution < 1.29 is 14.3 Å². The van der Waals surface area contributed by atoms with Crippen LogP contribution in [0.25, 0.3) is 10.9 Å². The fourth-order valence-corrected chi connectivity index (χ4v) is 4.48. The maximum Gasteiger partial charge on any atom is 0.275 e. The predicted octanol–water partition coefficient (Wildman–Crippen LogP) is 2.60. The van der Waals surface area contributed by atoms with Gasteiger partial charge in [-0.3, -0.25) is 14.3 Å². The molecule has 29 heavy (non-hydrogen) atoms. The number of carbonyl (C=O) groups excluding carboxylic acids is 2. The maximum absolute atomic E-state index is 13.1. The van der Waals surface area contributed by atoms with Crippen LogP contribution in [0.3, 0.4) is 0 Å². The molecule has 7 heteroatoms. The lowest BCUT2D eigenvalue weighted by molar-refractivity contribution is -0.135. The van der Waals surface area contributed by atoms with Gasteiger partial charge in [0.2, 0.25) is 5.91 Å². The molecule has 1 spiro atoms. The molecule has 0 N–H and O–H groups in total. The number of unbranched alkanes of at least 4 members (excludes halogenated alkanes) is 1. The van der Waals surface area contributed by atoms with Crippen LogP contribution in [0.15, 0.2) is 24.3 Å². The number of hydrogen-bond acceptors (Lipinski definition) is 4. The molecule has 156 valence electrons. The van der Waals surface area contributed by atoms with Crippen molar-refractivity contribution in [2.24, 2.45) is 7.05 Å². The summed E-state index contributed by atoms with van der Waals surface area (Å²) >= 11 is 0. The molecule has 3 heterocycles. The first-order valence-corrected chi connectivity index (χ1v) is 10.7. The summed E-state index contributed by atoms with van der Waals surface area (Å²) in [4.78, 5) is 29.7. The summed E-state index contributed by atoms with van der Waals surface area (Å²) in [5, 5.41) is 5.35. The summed E-state index contributed by atoms with van der Waals surface area (Å²) in [6.07, 6.45) is 3.91. The fraction of sp³-hybridized carbons (Fsp3) is 0.591. The number of hydrogen-bond donors (Lipinski definition) is 0. The van der Waals surface area contributed by atoms with Crippen molar-refractivity contribution in [1.82, 2.24) is 19.6 Å². The van der Waals surface area contributed by atoms with Gasteiger partial charge in [-0.15, -0.1) is 0 Å². The minimum atomic E-state index is -0.430. The normalized spacial score (nSPS) is 19.7. The average Bonchev–Trinajstić information content (AvgIpc) is 2.99. The number of likely N-dealkylation sites (tertiary alicyclic amines) is 1. The summed E-state index contributed by atoms with van der Waals surface area (Å²) in [5.74, 6) is 0.146. The highest BCUT2D eigenvalue weighted by atomic mass is 16.5. The number of ether oxygens (including phenoxy) is 1. The van der Waals surface area contributed by atoms with Crippen LogP contribution in [0, 0.1) is 0 Å². The predicted molar refractivity (Wildman–Crippen MR) is 111 cm³/mol. The first kappa shape index (κ1) is 19.9. The van der Waals surface area contributed by atoms with E-state index in [-0.39, 0.29) is 11.8 Å². The van der Waals surface area contributed by atoms with Crippen molar-refractivity contribution in [3.05, 3.63) is 30.0 Å². The molecule has 1 aromatic carbocycles. The van der Waals surface area contributed by atoms with Gasteiger partial charge in [-0.1, -0.05) is 31.5 Å². The Bertz CT molecular complexity index is 899. The van der Waals surface area contributed by atoms with Gasteiger partial charge in [0.15, 0.2) is 5.69 Å². The standard InChI is InChI=1S/C22H30N4O3/c1-3-4-11-25-14-15-29-22(16-19(25)27)9-12-26(13-10-22)21(28)20-17-7-5-6-8-18(17)24(2)23-20/h5-8H,3-4,9-16H2,1-2H3. The van der Waals surface area contributed by atoms with Crippen molar-refractivity contribution in [3.63, 3.8) is 0 Å². The van der Waals surface area contributed by atoms with E-state index >= 15 is 0 Å². The quantitative estimate of drug-likeness (QED) is 0.794. The van der Waals surface area contributed by atoms with Crippen LogP contribution in [-0.2, 0) is 16.6 Å². The molecule has 0 aliphatic carbocycles. The number of aryl methyl sites for hydroxylation is 1. The van der Waals surface area contributed by atoms with E-state index in [9.17, 15) is 9.59 Å². The second-order valence-electron chi connectivity index (χ2n) is 8.22. The van der Waals surface area contributed by atoms with Gasteiger partial charge in [-0.2, -0.15) is 5.10 Å². The summed E-state index contributed by atoms with van der Waals surface area (Å²) in [7, 11) is 1.86. The number of benzene rings is 1. The summed E-state index contributed by atoms with van der Waals surface area (Å²) in [6.45, 7) is 5.37. The summed E-state index contributed by atoms with van der Waals surface area (Å²) in [6, 6.07) is 7.80. The van der Waals surface area contributed by atoms with Gasteiger partial charge >= 0.3 is 0 Å². The van der Waals surface area contributed by atoms with Gasteiger partial charge in [-0.05, 0) is 25.3 Å². The molecule has 7 nitrogen and oxygen atoms in total. The van der Waals surface area contributed by atoms with Crippen molar-refractivity contribution >= 4 is 22.7 Å². The molecule has 2 aliphatic heterocycles. The first-order chi connectivity index (χ1) is 14.0. The SMILES string of the molecule is CCCCN1CCOC2(CCN(C(=O)c3nn(C)c4ccccc34)CC2)CC1=O. The van der Waals surface area contributed by atoms with E-state index in [4.69, 9.17) is 4.74 Å².